The molecule has 1 unspecified atom stereocenters. The largest absolute Gasteiger partial charge is 0.481 e. The van der Waals surface area contributed by atoms with Crippen molar-refractivity contribution < 1.29 is 14.7 Å². The number of nitrogens with one attached hydrogen (secondary N) is 2. The van der Waals surface area contributed by atoms with Crippen LogP contribution < -0.4 is 10.7 Å². The van der Waals surface area contributed by atoms with Gasteiger partial charge in [-0.25, -0.2) is 0 Å². The first kappa shape index (κ1) is 16.9. The van der Waals surface area contributed by atoms with E-state index in [4.69, 9.17) is 5.11 Å². The molecule has 0 saturated heterocycles. The molecule has 0 aliphatic carbocycles. The van der Waals surface area contributed by atoms with Crippen molar-refractivity contribution in [3.05, 3.63) is 34.2 Å². The number of aliphatic carboxylic acids is 1. The van der Waals surface area contributed by atoms with Gasteiger partial charge in [-0.2, -0.15) is 0 Å². The zero-order valence-electron chi connectivity index (χ0n) is 12.2. The molecule has 0 radical (unpaired) electrons. The number of pyridine rings is 1. The minimum Gasteiger partial charge on any atom is -0.481 e. The minimum absolute atomic E-state index is 0.0927. The predicted octanol–water partition coefficient (Wildman–Crippen LogP) is 1.78. The second-order valence-corrected chi connectivity index (χ2v) is 5.05. The van der Waals surface area contributed by atoms with Gasteiger partial charge in [0.25, 0.3) is 5.91 Å². The fourth-order valence-corrected chi connectivity index (χ4v) is 2.25. The molecule has 1 rings (SSSR count). The maximum absolute atomic E-state index is 11.8. The molecule has 0 aliphatic rings. The highest BCUT2D eigenvalue weighted by molar-refractivity contribution is 5.93. The molecule has 0 fully saturated rings. The Hall–Kier alpha value is -2.11. The molecule has 21 heavy (non-hydrogen) atoms. The smallest absolute Gasteiger partial charge is 0.303 e. The van der Waals surface area contributed by atoms with Crippen LogP contribution in [0, 0.1) is 5.92 Å². The quantitative estimate of drug-likeness (QED) is 0.646. The highest BCUT2D eigenvalue weighted by Crippen LogP contribution is 2.17. The first-order valence-electron chi connectivity index (χ1n) is 7.21. The number of carboxylic acid groups (broad SMARTS) is 1. The van der Waals surface area contributed by atoms with Crippen LogP contribution in [0.2, 0.25) is 0 Å². The molecule has 0 saturated carbocycles. The molecule has 0 bridgehead atoms. The third-order valence-electron chi connectivity index (χ3n) is 3.37. The number of carboxylic acids is 1. The summed E-state index contributed by atoms with van der Waals surface area (Å²) < 4.78 is 0. The van der Waals surface area contributed by atoms with E-state index in [1.54, 1.807) is 0 Å². The Morgan fingerprint density at radius 1 is 1.33 bits per heavy atom. The van der Waals surface area contributed by atoms with Crippen molar-refractivity contribution in [2.45, 2.75) is 39.0 Å². The van der Waals surface area contributed by atoms with E-state index in [9.17, 15) is 14.4 Å². The molecule has 6 heteroatoms. The first-order chi connectivity index (χ1) is 10.0. The summed E-state index contributed by atoms with van der Waals surface area (Å²) >= 11 is 0. The van der Waals surface area contributed by atoms with Gasteiger partial charge in [-0.3, -0.25) is 14.4 Å². The Morgan fingerprint density at radius 2 is 2.10 bits per heavy atom. The fraction of sp³-hybridized carbons (Fsp3) is 0.533. The number of aromatic nitrogens is 1. The monoisotopic (exact) mass is 294 g/mol. The highest BCUT2D eigenvalue weighted by atomic mass is 16.4. The Balaban J connectivity index is 2.42. The van der Waals surface area contributed by atoms with Crippen LogP contribution in [0.25, 0.3) is 0 Å². The van der Waals surface area contributed by atoms with E-state index in [2.05, 4.69) is 17.2 Å². The van der Waals surface area contributed by atoms with Crippen molar-refractivity contribution in [1.82, 2.24) is 10.3 Å². The first-order valence-corrected chi connectivity index (χ1v) is 7.21. The molecule has 116 valence electrons. The number of carbonyl (C=O) groups is 2. The number of H-pyrrole nitrogens is 1. The van der Waals surface area contributed by atoms with Crippen LogP contribution in [0.5, 0.6) is 0 Å². The minimum atomic E-state index is -0.795. The van der Waals surface area contributed by atoms with Gasteiger partial charge in [0.15, 0.2) is 5.43 Å². The van der Waals surface area contributed by atoms with Gasteiger partial charge in [-0.05, 0) is 18.8 Å². The second kappa shape index (κ2) is 8.94. The highest BCUT2D eigenvalue weighted by Gasteiger charge is 2.12. The average molecular weight is 294 g/mol. The van der Waals surface area contributed by atoms with E-state index < -0.39 is 11.9 Å². The fourth-order valence-electron chi connectivity index (χ4n) is 2.25. The number of hydrogen-bond acceptors (Lipinski definition) is 3. The van der Waals surface area contributed by atoms with Gasteiger partial charge in [0.2, 0.25) is 0 Å². The maximum atomic E-state index is 11.8. The summed E-state index contributed by atoms with van der Waals surface area (Å²) in [7, 11) is 0. The summed E-state index contributed by atoms with van der Waals surface area (Å²) in [5.41, 5.74) is -0.225. The lowest BCUT2D eigenvalue weighted by atomic mass is 9.94. The summed E-state index contributed by atoms with van der Waals surface area (Å²) in [6.45, 7) is 2.49. The van der Waals surface area contributed by atoms with Gasteiger partial charge in [-0.15, -0.1) is 0 Å². The number of carbonyl (C=O) groups excluding carboxylic acids is 1. The molecule has 0 spiro atoms. The van der Waals surface area contributed by atoms with Crippen LogP contribution in [-0.2, 0) is 4.79 Å². The van der Waals surface area contributed by atoms with E-state index in [-0.39, 0.29) is 23.3 Å². The van der Waals surface area contributed by atoms with Gasteiger partial charge in [0.1, 0.15) is 5.56 Å². The third kappa shape index (κ3) is 6.25. The van der Waals surface area contributed by atoms with Crippen molar-refractivity contribution in [2.24, 2.45) is 5.92 Å². The van der Waals surface area contributed by atoms with Crippen molar-refractivity contribution in [1.29, 1.82) is 0 Å². The molecule has 1 aromatic rings. The van der Waals surface area contributed by atoms with Crippen LogP contribution in [0.3, 0.4) is 0 Å². The SMILES string of the molecule is CCCC(CCNC(=O)c1c[nH]ccc1=O)CCC(=O)O. The molecule has 0 aliphatic heterocycles. The molecular weight excluding hydrogens is 272 g/mol. The van der Waals surface area contributed by atoms with Gasteiger partial charge in [0, 0.05) is 31.4 Å². The summed E-state index contributed by atoms with van der Waals surface area (Å²) in [6.07, 6.45) is 6.26. The van der Waals surface area contributed by atoms with Gasteiger partial charge >= 0.3 is 5.97 Å². The van der Waals surface area contributed by atoms with Crippen molar-refractivity contribution in [2.75, 3.05) is 6.54 Å². The lowest BCUT2D eigenvalue weighted by Gasteiger charge is -2.15. The summed E-state index contributed by atoms with van der Waals surface area (Å²) in [5.74, 6) is -0.915. The Labute approximate surface area is 123 Å². The lowest BCUT2D eigenvalue weighted by molar-refractivity contribution is -0.137. The number of rotatable bonds is 9. The second-order valence-electron chi connectivity index (χ2n) is 5.05. The normalized spacial score (nSPS) is 11.9. The Morgan fingerprint density at radius 3 is 2.71 bits per heavy atom. The van der Waals surface area contributed by atoms with E-state index >= 15 is 0 Å². The zero-order valence-corrected chi connectivity index (χ0v) is 12.2. The van der Waals surface area contributed by atoms with Crippen LogP contribution in [0.15, 0.2) is 23.3 Å². The van der Waals surface area contributed by atoms with Gasteiger partial charge in [0.05, 0.1) is 0 Å². The lowest BCUT2D eigenvalue weighted by Crippen LogP contribution is -2.30. The van der Waals surface area contributed by atoms with Crippen molar-refractivity contribution >= 4 is 11.9 Å². The number of amides is 1. The number of aromatic amines is 1. The molecule has 0 aromatic carbocycles. The van der Waals surface area contributed by atoms with Crippen LogP contribution in [0.4, 0.5) is 0 Å². The van der Waals surface area contributed by atoms with Crippen molar-refractivity contribution in [3.8, 4) is 0 Å². The molecule has 1 heterocycles. The van der Waals surface area contributed by atoms with Crippen LogP contribution >= 0.6 is 0 Å². The zero-order chi connectivity index (χ0) is 15.7. The van der Waals surface area contributed by atoms with Crippen LogP contribution in [-0.4, -0.2) is 28.5 Å². The van der Waals surface area contributed by atoms with Gasteiger partial charge < -0.3 is 15.4 Å². The molecule has 1 atom stereocenters. The van der Waals surface area contributed by atoms with E-state index in [0.717, 1.165) is 19.3 Å². The van der Waals surface area contributed by atoms with E-state index in [0.29, 0.717) is 13.0 Å². The van der Waals surface area contributed by atoms with Crippen LogP contribution in [0.1, 0.15) is 49.4 Å². The van der Waals surface area contributed by atoms with E-state index in [1.807, 2.05) is 0 Å². The molecule has 1 amide bonds. The maximum Gasteiger partial charge on any atom is 0.303 e. The summed E-state index contributed by atoms with van der Waals surface area (Å²) in [4.78, 5) is 36.7. The topological polar surface area (TPSA) is 99.3 Å². The van der Waals surface area contributed by atoms with Crippen molar-refractivity contribution in [3.63, 3.8) is 0 Å². The third-order valence-corrected chi connectivity index (χ3v) is 3.37. The van der Waals surface area contributed by atoms with Gasteiger partial charge in [-0.1, -0.05) is 19.8 Å². The molecule has 3 N–H and O–H groups in total. The average Bonchev–Trinajstić information content (AvgIpc) is 2.45. The summed E-state index contributed by atoms with van der Waals surface area (Å²) in [5, 5.41) is 11.4. The molecular formula is C15H22N2O4. The predicted molar refractivity (Wildman–Crippen MR) is 79.3 cm³/mol. The standard InChI is InChI=1S/C15H22N2O4/c1-2-3-11(4-5-14(19)20)6-9-17-15(21)12-10-16-8-7-13(12)18/h7-8,10-11H,2-6,9H2,1H3,(H,16,18)(H,17,21)(H,19,20). The van der Waals surface area contributed by atoms with E-state index in [1.165, 1.54) is 18.5 Å². The molecule has 1 aromatic heterocycles. The Bertz CT molecular complexity index is 524. The summed E-state index contributed by atoms with van der Waals surface area (Å²) in [6, 6.07) is 1.31. The number of hydrogen-bond donors (Lipinski definition) is 3. The molecule has 6 nitrogen and oxygen atoms in total. The Kier molecular flexibility index (Phi) is 7.21.